The highest BCUT2D eigenvalue weighted by Crippen LogP contribution is 2.22. The molecule has 1 atom stereocenters. The summed E-state index contributed by atoms with van der Waals surface area (Å²) in [5, 5.41) is 2.48. The molecule has 0 aliphatic rings. The first-order valence-corrected chi connectivity index (χ1v) is 10.1. The van der Waals surface area contributed by atoms with E-state index in [2.05, 4.69) is 5.32 Å². The first kappa shape index (κ1) is 22.8. The number of rotatable bonds is 8. The van der Waals surface area contributed by atoms with Crippen molar-refractivity contribution in [3.8, 4) is 0 Å². The Morgan fingerprint density at radius 2 is 1.90 bits per heavy atom. The van der Waals surface area contributed by atoms with Crippen LogP contribution in [-0.2, 0) is 20.9 Å². The highest BCUT2D eigenvalue weighted by molar-refractivity contribution is 7.16. The second-order valence-electron chi connectivity index (χ2n) is 6.74. The van der Waals surface area contributed by atoms with Gasteiger partial charge in [0, 0.05) is 11.9 Å². The van der Waals surface area contributed by atoms with Gasteiger partial charge in [0.25, 0.3) is 11.8 Å². The molecule has 1 aromatic heterocycles. The Morgan fingerprint density at radius 1 is 1.21 bits per heavy atom. The van der Waals surface area contributed by atoms with E-state index in [-0.39, 0.29) is 11.5 Å². The molecule has 0 fully saturated rings. The molecule has 0 radical (unpaired) electrons. The number of likely N-dealkylation sites (N-methyl/N-ethyl adjacent to an activating group) is 1. The lowest BCUT2D eigenvalue weighted by Crippen LogP contribution is -2.46. The average molecular weight is 441 g/mol. The minimum atomic E-state index is -1.02. The van der Waals surface area contributed by atoms with Gasteiger partial charge in [0.2, 0.25) is 0 Å². The van der Waals surface area contributed by atoms with E-state index in [9.17, 15) is 18.8 Å². The number of hydrogen-bond donors (Lipinski definition) is 1. The molecule has 2 rings (SSSR count). The number of nitrogens with one attached hydrogen (secondary N) is 1. The maximum Gasteiger partial charge on any atom is 0.329 e. The van der Waals surface area contributed by atoms with E-state index in [1.165, 1.54) is 34.4 Å². The summed E-state index contributed by atoms with van der Waals surface area (Å²) in [6.07, 6.45) is 0. The van der Waals surface area contributed by atoms with Gasteiger partial charge in [0.1, 0.15) is 11.9 Å². The number of thiophene rings is 1. The Morgan fingerprint density at radius 3 is 2.48 bits per heavy atom. The fourth-order valence-corrected chi connectivity index (χ4v) is 3.59. The van der Waals surface area contributed by atoms with Crippen LogP contribution in [0.3, 0.4) is 0 Å². The van der Waals surface area contributed by atoms with Crippen LogP contribution in [0.2, 0.25) is 4.34 Å². The molecule has 2 aromatic rings. The van der Waals surface area contributed by atoms with Crippen LogP contribution in [0.5, 0.6) is 0 Å². The molecule has 6 nitrogen and oxygen atoms in total. The number of esters is 1. The molecule has 1 aromatic carbocycles. The van der Waals surface area contributed by atoms with Gasteiger partial charge in [-0.2, -0.15) is 0 Å². The van der Waals surface area contributed by atoms with E-state index in [0.717, 1.165) is 10.9 Å². The minimum absolute atomic E-state index is 0.170. The van der Waals surface area contributed by atoms with Gasteiger partial charge in [-0.15, -0.1) is 11.3 Å². The molecule has 0 saturated heterocycles. The topological polar surface area (TPSA) is 75.7 Å². The normalized spacial score (nSPS) is 11.8. The number of carbonyl (C=O) groups excluding carboxylic acids is 3. The van der Waals surface area contributed by atoms with Gasteiger partial charge < -0.3 is 15.0 Å². The van der Waals surface area contributed by atoms with Crippen LogP contribution < -0.4 is 5.32 Å². The zero-order valence-electron chi connectivity index (χ0n) is 16.3. The van der Waals surface area contributed by atoms with E-state index in [1.54, 1.807) is 27.0 Å². The third-order valence-corrected chi connectivity index (χ3v) is 5.33. The summed E-state index contributed by atoms with van der Waals surface area (Å²) in [5.41, 5.74) is -0.170. The summed E-state index contributed by atoms with van der Waals surface area (Å²) in [7, 11) is 1.59. The van der Waals surface area contributed by atoms with Crippen LogP contribution in [0.4, 0.5) is 4.39 Å². The summed E-state index contributed by atoms with van der Waals surface area (Å²) in [6, 6.07) is 8.01. The largest absolute Gasteiger partial charge is 0.454 e. The van der Waals surface area contributed by atoms with Crippen molar-refractivity contribution in [2.24, 2.45) is 5.92 Å². The van der Waals surface area contributed by atoms with Gasteiger partial charge in [-0.05, 0) is 30.2 Å². The standard InChI is InChI=1S/C20H22ClFN2O4S/c1-12(2)18(23-19(26)14-6-4-5-7-15(14)22)20(27)28-11-17(25)24(3)10-13-8-9-16(21)29-13/h4-9,12,18H,10-11H2,1-3H3,(H,23,26). The number of carbonyl (C=O) groups is 3. The lowest BCUT2D eigenvalue weighted by atomic mass is 10.0. The quantitative estimate of drug-likeness (QED) is 0.637. The Labute approximate surface area is 177 Å². The molecule has 0 aliphatic carbocycles. The Kier molecular flexibility index (Phi) is 8.16. The summed E-state index contributed by atoms with van der Waals surface area (Å²) < 4.78 is 19.5. The molecule has 0 bridgehead atoms. The van der Waals surface area contributed by atoms with Gasteiger partial charge in [0.15, 0.2) is 6.61 Å². The third-order valence-electron chi connectivity index (χ3n) is 4.11. The molecule has 0 saturated carbocycles. The predicted octanol–water partition coefficient (Wildman–Crippen LogP) is 3.50. The molecule has 0 spiro atoms. The van der Waals surface area contributed by atoms with Gasteiger partial charge >= 0.3 is 5.97 Å². The van der Waals surface area contributed by atoms with Crippen molar-refractivity contribution in [2.45, 2.75) is 26.4 Å². The lowest BCUT2D eigenvalue weighted by Gasteiger charge is -2.22. The zero-order chi connectivity index (χ0) is 21.6. The van der Waals surface area contributed by atoms with Gasteiger partial charge in [-0.25, -0.2) is 9.18 Å². The molecule has 2 amide bonds. The van der Waals surface area contributed by atoms with Crippen molar-refractivity contribution in [3.63, 3.8) is 0 Å². The molecule has 1 unspecified atom stereocenters. The number of amides is 2. The number of nitrogens with zero attached hydrogens (tertiary/aromatic N) is 1. The first-order chi connectivity index (χ1) is 13.7. The highest BCUT2D eigenvalue weighted by Gasteiger charge is 2.28. The summed E-state index contributed by atoms with van der Waals surface area (Å²) in [5.74, 6) is -2.89. The predicted molar refractivity (Wildman–Crippen MR) is 109 cm³/mol. The fraction of sp³-hybridized carbons (Fsp3) is 0.350. The molecule has 1 heterocycles. The number of ether oxygens (including phenoxy) is 1. The van der Waals surface area contributed by atoms with Gasteiger partial charge in [-0.3, -0.25) is 9.59 Å². The molecule has 29 heavy (non-hydrogen) atoms. The smallest absolute Gasteiger partial charge is 0.329 e. The maximum absolute atomic E-state index is 13.8. The third kappa shape index (κ3) is 6.54. The van der Waals surface area contributed by atoms with Crippen LogP contribution in [0, 0.1) is 11.7 Å². The molecule has 9 heteroatoms. The Bertz CT molecular complexity index is 887. The molecule has 156 valence electrons. The van der Waals surface area contributed by atoms with Crippen molar-refractivity contribution in [2.75, 3.05) is 13.7 Å². The minimum Gasteiger partial charge on any atom is -0.454 e. The van der Waals surface area contributed by atoms with Crippen molar-refractivity contribution >= 4 is 40.7 Å². The molecular weight excluding hydrogens is 419 g/mol. The molecular formula is C20H22ClFN2O4S. The fourth-order valence-electron chi connectivity index (χ4n) is 2.45. The van der Waals surface area contributed by atoms with Crippen molar-refractivity contribution in [1.29, 1.82) is 0 Å². The summed E-state index contributed by atoms with van der Waals surface area (Å²) in [4.78, 5) is 39.2. The number of halogens is 2. The lowest BCUT2D eigenvalue weighted by molar-refractivity contribution is -0.154. The van der Waals surface area contributed by atoms with Crippen LogP contribution >= 0.6 is 22.9 Å². The molecule has 1 N–H and O–H groups in total. The van der Waals surface area contributed by atoms with E-state index in [4.69, 9.17) is 16.3 Å². The first-order valence-electron chi connectivity index (χ1n) is 8.89. The van der Waals surface area contributed by atoms with Crippen LogP contribution in [0.25, 0.3) is 0 Å². The Balaban J connectivity index is 1.92. The Hall–Kier alpha value is -2.45. The van der Waals surface area contributed by atoms with Crippen molar-refractivity contribution < 1.29 is 23.5 Å². The van der Waals surface area contributed by atoms with Crippen LogP contribution in [-0.4, -0.2) is 42.4 Å². The molecule has 0 aliphatic heterocycles. The number of benzene rings is 1. The van der Waals surface area contributed by atoms with E-state index in [0.29, 0.717) is 10.9 Å². The van der Waals surface area contributed by atoms with E-state index >= 15 is 0 Å². The van der Waals surface area contributed by atoms with Gasteiger partial charge in [0.05, 0.1) is 16.4 Å². The van der Waals surface area contributed by atoms with E-state index < -0.39 is 36.2 Å². The SMILES string of the molecule is CC(C)C(NC(=O)c1ccccc1F)C(=O)OCC(=O)N(C)Cc1ccc(Cl)s1. The van der Waals surface area contributed by atoms with E-state index in [1.807, 2.05) is 6.07 Å². The van der Waals surface area contributed by atoms with Gasteiger partial charge in [-0.1, -0.05) is 37.6 Å². The van der Waals surface area contributed by atoms with Crippen molar-refractivity contribution in [3.05, 3.63) is 57.0 Å². The van der Waals surface area contributed by atoms with Crippen LogP contribution in [0.1, 0.15) is 29.1 Å². The summed E-state index contributed by atoms with van der Waals surface area (Å²) in [6.45, 7) is 3.29. The zero-order valence-corrected chi connectivity index (χ0v) is 17.8. The summed E-state index contributed by atoms with van der Waals surface area (Å²) >= 11 is 7.23. The maximum atomic E-state index is 13.8. The number of hydrogen-bond acceptors (Lipinski definition) is 5. The second kappa shape index (κ2) is 10.4. The highest BCUT2D eigenvalue weighted by atomic mass is 35.5. The monoisotopic (exact) mass is 440 g/mol. The second-order valence-corrected chi connectivity index (χ2v) is 8.54. The van der Waals surface area contributed by atoms with Crippen LogP contribution in [0.15, 0.2) is 36.4 Å². The average Bonchev–Trinajstić information content (AvgIpc) is 3.08. The van der Waals surface area contributed by atoms with Crippen molar-refractivity contribution in [1.82, 2.24) is 10.2 Å².